The van der Waals surface area contributed by atoms with Crippen molar-refractivity contribution in [1.82, 2.24) is 15.0 Å². The van der Waals surface area contributed by atoms with Crippen LogP contribution < -0.4 is 10.6 Å². The minimum atomic E-state index is -0.679. The first-order chi connectivity index (χ1) is 13.9. The Kier molecular flexibility index (Phi) is 5.06. The number of aromatic nitrogens is 3. The van der Waals surface area contributed by atoms with Gasteiger partial charge in [0.25, 0.3) is 11.8 Å². The Balaban J connectivity index is 1.52. The van der Waals surface area contributed by atoms with E-state index in [0.29, 0.717) is 27.7 Å². The van der Waals surface area contributed by atoms with Crippen molar-refractivity contribution in [3.63, 3.8) is 0 Å². The molecule has 1 aromatic carbocycles. The Morgan fingerprint density at radius 3 is 2.38 bits per heavy atom. The molecule has 1 aliphatic carbocycles. The number of halogens is 1. The summed E-state index contributed by atoms with van der Waals surface area (Å²) in [5.41, 5.74) is 1.06. The van der Waals surface area contributed by atoms with Crippen LogP contribution in [-0.2, 0) is 0 Å². The second kappa shape index (κ2) is 7.67. The van der Waals surface area contributed by atoms with Crippen molar-refractivity contribution in [3.8, 4) is 0 Å². The van der Waals surface area contributed by atoms with Crippen molar-refractivity contribution in [3.05, 3.63) is 63.4 Å². The number of thiazole rings is 1. The molecular weight excluding hydrogens is 393 g/mol. The summed E-state index contributed by atoms with van der Waals surface area (Å²) in [6.07, 6.45) is 6.66. The molecule has 0 aliphatic heterocycles. The number of benzene rings is 1. The van der Waals surface area contributed by atoms with E-state index in [2.05, 4.69) is 25.6 Å². The predicted molar refractivity (Wildman–Crippen MR) is 108 cm³/mol. The molecule has 4 rings (SSSR count). The van der Waals surface area contributed by atoms with Crippen LogP contribution in [0.4, 0.5) is 15.8 Å². The first-order valence-corrected chi connectivity index (χ1v) is 9.89. The van der Waals surface area contributed by atoms with E-state index in [1.807, 2.05) is 0 Å². The van der Waals surface area contributed by atoms with Crippen LogP contribution in [0.2, 0.25) is 0 Å². The van der Waals surface area contributed by atoms with E-state index in [1.54, 1.807) is 13.8 Å². The van der Waals surface area contributed by atoms with Gasteiger partial charge >= 0.3 is 0 Å². The van der Waals surface area contributed by atoms with Crippen molar-refractivity contribution in [2.45, 2.75) is 32.6 Å². The number of amides is 2. The SMILES string of the molecule is Cc1ncc(C(=O)Nc2cc(C(=O)Nc3cnc(C4CC4)nc3)c(F)cc2C)s1. The number of carbonyl (C=O) groups is 2. The second-order valence-corrected chi connectivity index (χ2v) is 8.14. The normalized spacial score (nSPS) is 13.2. The number of anilines is 2. The molecule has 0 unspecified atom stereocenters. The summed E-state index contributed by atoms with van der Waals surface area (Å²) in [4.78, 5) is 37.9. The Labute approximate surface area is 170 Å². The maximum atomic E-state index is 14.4. The van der Waals surface area contributed by atoms with Crippen molar-refractivity contribution in [2.75, 3.05) is 10.6 Å². The highest BCUT2D eigenvalue weighted by Gasteiger charge is 2.26. The maximum absolute atomic E-state index is 14.4. The van der Waals surface area contributed by atoms with E-state index in [4.69, 9.17) is 0 Å². The van der Waals surface area contributed by atoms with Gasteiger partial charge in [0.2, 0.25) is 0 Å². The third-order valence-electron chi connectivity index (χ3n) is 4.52. The van der Waals surface area contributed by atoms with Crippen LogP contribution in [0.5, 0.6) is 0 Å². The van der Waals surface area contributed by atoms with Crippen molar-refractivity contribution in [1.29, 1.82) is 0 Å². The minimum Gasteiger partial charge on any atom is -0.321 e. The fourth-order valence-corrected chi connectivity index (χ4v) is 3.46. The van der Waals surface area contributed by atoms with Crippen LogP contribution >= 0.6 is 11.3 Å². The molecule has 0 spiro atoms. The molecule has 9 heteroatoms. The Morgan fingerprint density at radius 1 is 1.03 bits per heavy atom. The lowest BCUT2D eigenvalue weighted by Crippen LogP contribution is -2.17. The molecule has 0 saturated heterocycles. The van der Waals surface area contributed by atoms with Crippen LogP contribution in [0.15, 0.2) is 30.7 Å². The smallest absolute Gasteiger partial charge is 0.267 e. The zero-order valence-electron chi connectivity index (χ0n) is 15.8. The minimum absolute atomic E-state index is 0.183. The summed E-state index contributed by atoms with van der Waals surface area (Å²) >= 11 is 1.25. The lowest BCUT2D eigenvalue weighted by atomic mass is 10.1. The van der Waals surface area contributed by atoms with Crippen LogP contribution in [0.3, 0.4) is 0 Å². The Hall–Kier alpha value is -3.20. The molecule has 1 saturated carbocycles. The molecular formula is C20H18FN5O2S. The molecule has 2 aromatic heterocycles. The van der Waals surface area contributed by atoms with Gasteiger partial charge in [0.1, 0.15) is 16.5 Å². The third-order valence-corrected chi connectivity index (χ3v) is 5.44. The highest BCUT2D eigenvalue weighted by atomic mass is 32.1. The molecule has 29 heavy (non-hydrogen) atoms. The van der Waals surface area contributed by atoms with Crippen LogP contribution in [0, 0.1) is 19.7 Å². The van der Waals surface area contributed by atoms with E-state index in [9.17, 15) is 14.0 Å². The van der Waals surface area contributed by atoms with E-state index in [-0.39, 0.29) is 11.5 Å². The van der Waals surface area contributed by atoms with Gasteiger partial charge in [-0.25, -0.2) is 19.3 Å². The Bertz CT molecular complexity index is 1090. The molecule has 1 aliphatic rings. The summed E-state index contributed by atoms with van der Waals surface area (Å²) in [7, 11) is 0. The molecule has 0 bridgehead atoms. The monoisotopic (exact) mass is 411 g/mol. The fourth-order valence-electron chi connectivity index (χ4n) is 2.78. The van der Waals surface area contributed by atoms with E-state index < -0.39 is 11.7 Å². The molecule has 2 N–H and O–H groups in total. The molecule has 2 amide bonds. The fraction of sp³-hybridized carbons (Fsp3) is 0.250. The van der Waals surface area contributed by atoms with Crippen LogP contribution in [0.1, 0.15) is 55.2 Å². The topological polar surface area (TPSA) is 96.9 Å². The summed E-state index contributed by atoms with van der Waals surface area (Å²) in [5, 5.41) is 6.07. The van der Waals surface area contributed by atoms with Crippen molar-refractivity contribution >= 4 is 34.5 Å². The summed E-state index contributed by atoms with van der Waals surface area (Å²) in [6, 6.07) is 2.54. The quantitative estimate of drug-likeness (QED) is 0.660. The maximum Gasteiger partial charge on any atom is 0.267 e. The first-order valence-electron chi connectivity index (χ1n) is 9.08. The lowest BCUT2D eigenvalue weighted by Gasteiger charge is -2.11. The number of rotatable bonds is 5. The average molecular weight is 411 g/mol. The summed E-state index contributed by atoms with van der Waals surface area (Å²) < 4.78 is 14.4. The van der Waals surface area contributed by atoms with Gasteiger partial charge in [-0.15, -0.1) is 11.3 Å². The van der Waals surface area contributed by atoms with Gasteiger partial charge < -0.3 is 10.6 Å². The van der Waals surface area contributed by atoms with Crippen molar-refractivity contribution < 1.29 is 14.0 Å². The predicted octanol–water partition coefficient (Wildman–Crippen LogP) is 4.07. The molecule has 2 heterocycles. The standard InChI is InChI=1S/C20H18FN5O2S/c1-10-5-15(21)14(6-16(10)26-20(28)17-9-22-11(2)29-17)19(27)25-13-7-23-18(24-8-13)12-3-4-12/h5-9,12H,3-4H2,1-2H3,(H,25,27)(H,26,28). The van der Waals surface area contributed by atoms with E-state index >= 15 is 0 Å². The van der Waals surface area contributed by atoms with Gasteiger partial charge in [-0.1, -0.05) is 0 Å². The zero-order chi connectivity index (χ0) is 20.5. The van der Waals surface area contributed by atoms with Crippen LogP contribution in [0.25, 0.3) is 0 Å². The lowest BCUT2D eigenvalue weighted by molar-refractivity contribution is 0.101. The zero-order valence-corrected chi connectivity index (χ0v) is 16.6. The number of nitrogens with one attached hydrogen (secondary N) is 2. The number of carbonyl (C=O) groups excluding carboxylic acids is 2. The molecule has 148 valence electrons. The highest BCUT2D eigenvalue weighted by Crippen LogP contribution is 2.37. The molecule has 0 atom stereocenters. The first kappa shape index (κ1) is 19.1. The summed E-state index contributed by atoms with van der Waals surface area (Å²) in [6.45, 7) is 3.46. The molecule has 3 aromatic rings. The van der Waals surface area contributed by atoms with Gasteiger partial charge in [0.15, 0.2) is 0 Å². The largest absolute Gasteiger partial charge is 0.321 e. The van der Waals surface area contributed by atoms with Gasteiger partial charge in [0.05, 0.1) is 34.8 Å². The van der Waals surface area contributed by atoms with Gasteiger partial charge in [0, 0.05) is 11.6 Å². The van der Waals surface area contributed by atoms with Gasteiger partial charge in [-0.05, 0) is 44.4 Å². The number of hydrogen-bond acceptors (Lipinski definition) is 6. The average Bonchev–Trinajstić information content (AvgIpc) is 3.44. The van der Waals surface area contributed by atoms with Crippen molar-refractivity contribution in [2.24, 2.45) is 0 Å². The number of hydrogen-bond donors (Lipinski definition) is 2. The van der Waals surface area contributed by atoms with E-state index in [0.717, 1.165) is 23.7 Å². The highest BCUT2D eigenvalue weighted by molar-refractivity contribution is 7.13. The number of aryl methyl sites for hydroxylation is 2. The number of nitrogens with zero attached hydrogens (tertiary/aromatic N) is 3. The van der Waals surface area contributed by atoms with Crippen LogP contribution in [-0.4, -0.2) is 26.8 Å². The molecule has 7 nitrogen and oxygen atoms in total. The van der Waals surface area contributed by atoms with Gasteiger partial charge in [-0.2, -0.15) is 0 Å². The Morgan fingerprint density at radius 2 is 1.76 bits per heavy atom. The third kappa shape index (κ3) is 4.29. The summed E-state index contributed by atoms with van der Waals surface area (Å²) in [5.74, 6) is -0.520. The molecule has 0 radical (unpaired) electrons. The molecule has 1 fully saturated rings. The van der Waals surface area contributed by atoms with E-state index in [1.165, 1.54) is 42.1 Å². The van der Waals surface area contributed by atoms with Gasteiger partial charge in [-0.3, -0.25) is 9.59 Å². The second-order valence-electron chi connectivity index (χ2n) is 6.90.